The van der Waals surface area contributed by atoms with Crippen LogP contribution in [-0.2, 0) is 4.79 Å². The van der Waals surface area contributed by atoms with Gasteiger partial charge in [0.25, 0.3) is 11.5 Å². The molecule has 8 heteroatoms. The Balaban J connectivity index is 1.71. The molecular formula is C19H19N5O3. The van der Waals surface area contributed by atoms with Crippen LogP contribution in [0.2, 0.25) is 0 Å². The van der Waals surface area contributed by atoms with Gasteiger partial charge in [0.15, 0.2) is 0 Å². The topological polar surface area (TPSA) is 109 Å². The van der Waals surface area contributed by atoms with E-state index in [0.717, 1.165) is 0 Å². The van der Waals surface area contributed by atoms with Gasteiger partial charge in [-0.3, -0.25) is 19.1 Å². The summed E-state index contributed by atoms with van der Waals surface area (Å²) in [7, 11) is 0. The van der Waals surface area contributed by atoms with Gasteiger partial charge >= 0.3 is 0 Å². The van der Waals surface area contributed by atoms with Crippen LogP contribution in [0.15, 0.2) is 59.7 Å². The number of aromatic amines is 1. The van der Waals surface area contributed by atoms with Gasteiger partial charge in [-0.1, -0.05) is 6.07 Å². The first-order valence-electron chi connectivity index (χ1n) is 8.35. The smallest absolute Gasteiger partial charge is 0.261 e. The number of anilines is 2. The summed E-state index contributed by atoms with van der Waals surface area (Å²) in [6, 6.07) is 11.1. The highest BCUT2D eigenvalue weighted by Gasteiger charge is 2.16. The van der Waals surface area contributed by atoms with Crippen LogP contribution >= 0.6 is 0 Å². The minimum Gasteiger partial charge on any atom is -0.326 e. The van der Waals surface area contributed by atoms with Gasteiger partial charge in [-0.15, -0.1) is 0 Å². The van der Waals surface area contributed by atoms with E-state index in [9.17, 15) is 14.4 Å². The number of amides is 2. The van der Waals surface area contributed by atoms with E-state index in [1.165, 1.54) is 6.07 Å². The van der Waals surface area contributed by atoms with E-state index < -0.39 is 17.5 Å². The molecule has 1 unspecified atom stereocenters. The molecule has 2 amide bonds. The Kier molecular flexibility index (Phi) is 5.16. The maximum atomic E-state index is 12.3. The Morgan fingerprint density at radius 3 is 2.52 bits per heavy atom. The fourth-order valence-electron chi connectivity index (χ4n) is 2.50. The van der Waals surface area contributed by atoms with E-state index in [0.29, 0.717) is 17.1 Å². The summed E-state index contributed by atoms with van der Waals surface area (Å²) < 4.78 is 1.55. The van der Waals surface area contributed by atoms with E-state index in [1.807, 2.05) is 0 Å². The van der Waals surface area contributed by atoms with Crippen LogP contribution in [0, 0.1) is 6.92 Å². The standard InChI is InChI=1S/C19H19N5O3/c1-12-7-8-16(18(26)21-12)19(27)23-15-6-3-5-14(11-15)22-17(25)13(2)24-10-4-9-20-24/h3-11,13H,1-2H3,(H,21,26)(H,22,25)(H,23,27). The number of pyridine rings is 1. The monoisotopic (exact) mass is 365 g/mol. The second-order valence-electron chi connectivity index (χ2n) is 6.07. The van der Waals surface area contributed by atoms with E-state index in [-0.39, 0.29) is 11.5 Å². The molecule has 0 saturated heterocycles. The quantitative estimate of drug-likeness (QED) is 0.645. The van der Waals surface area contributed by atoms with Crippen molar-refractivity contribution in [2.45, 2.75) is 19.9 Å². The lowest BCUT2D eigenvalue weighted by atomic mass is 10.2. The predicted molar refractivity (Wildman–Crippen MR) is 102 cm³/mol. The van der Waals surface area contributed by atoms with Crippen molar-refractivity contribution in [3.63, 3.8) is 0 Å². The maximum Gasteiger partial charge on any atom is 0.261 e. The molecule has 0 bridgehead atoms. The molecule has 0 aliphatic rings. The van der Waals surface area contributed by atoms with Gasteiger partial charge in [-0.05, 0) is 50.2 Å². The number of aromatic nitrogens is 3. The molecular weight excluding hydrogens is 346 g/mol. The lowest BCUT2D eigenvalue weighted by molar-refractivity contribution is -0.119. The molecule has 1 atom stereocenters. The first-order chi connectivity index (χ1) is 12.9. The van der Waals surface area contributed by atoms with Crippen molar-refractivity contribution < 1.29 is 9.59 Å². The second kappa shape index (κ2) is 7.69. The van der Waals surface area contributed by atoms with Gasteiger partial charge in [0.1, 0.15) is 11.6 Å². The Labute approximate surface area is 155 Å². The molecule has 0 fully saturated rings. The van der Waals surface area contributed by atoms with Crippen molar-refractivity contribution in [1.29, 1.82) is 0 Å². The number of rotatable bonds is 5. The molecule has 8 nitrogen and oxygen atoms in total. The first kappa shape index (κ1) is 18.1. The number of aryl methyl sites for hydroxylation is 1. The van der Waals surface area contributed by atoms with E-state index in [1.54, 1.807) is 67.3 Å². The normalized spacial score (nSPS) is 11.6. The van der Waals surface area contributed by atoms with Crippen LogP contribution in [-0.4, -0.2) is 26.6 Å². The highest BCUT2D eigenvalue weighted by Crippen LogP contribution is 2.17. The molecule has 138 valence electrons. The van der Waals surface area contributed by atoms with Gasteiger partial charge in [0.2, 0.25) is 5.91 Å². The molecule has 27 heavy (non-hydrogen) atoms. The molecule has 3 aromatic rings. The number of hydrogen-bond donors (Lipinski definition) is 3. The molecule has 0 aliphatic heterocycles. The fraction of sp³-hybridized carbons (Fsp3) is 0.158. The minimum absolute atomic E-state index is 0.0161. The summed E-state index contributed by atoms with van der Waals surface area (Å²) in [5.41, 5.74) is 1.22. The molecule has 2 aromatic heterocycles. The molecule has 0 spiro atoms. The first-order valence-corrected chi connectivity index (χ1v) is 8.35. The molecule has 0 aliphatic carbocycles. The van der Waals surface area contributed by atoms with Gasteiger partial charge in [-0.2, -0.15) is 5.10 Å². The third-order valence-electron chi connectivity index (χ3n) is 3.99. The fourth-order valence-corrected chi connectivity index (χ4v) is 2.50. The molecule has 2 heterocycles. The Hall–Kier alpha value is -3.68. The summed E-state index contributed by atoms with van der Waals surface area (Å²) in [6.45, 7) is 3.47. The second-order valence-corrected chi connectivity index (χ2v) is 6.07. The number of nitrogens with zero attached hydrogens (tertiary/aromatic N) is 2. The van der Waals surface area contributed by atoms with Gasteiger partial charge < -0.3 is 15.6 Å². The van der Waals surface area contributed by atoms with Crippen molar-refractivity contribution in [1.82, 2.24) is 14.8 Å². The summed E-state index contributed by atoms with van der Waals surface area (Å²) in [5, 5.41) is 9.49. The summed E-state index contributed by atoms with van der Waals surface area (Å²) >= 11 is 0. The highest BCUT2D eigenvalue weighted by molar-refractivity contribution is 6.04. The van der Waals surface area contributed by atoms with Crippen LogP contribution in [0.25, 0.3) is 0 Å². The van der Waals surface area contributed by atoms with Crippen LogP contribution < -0.4 is 16.2 Å². The van der Waals surface area contributed by atoms with Crippen molar-refractivity contribution in [3.8, 4) is 0 Å². The third-order valence-corrected chi connectivity index (χ3v) is 3.99. The number of nitrogens with one attached hydrogen (secondary N) is 3. The zero-order valence-corrected chi connectivity index (χ0v) is 14.9. The van der Waals surface area contributed by atoms with E-state index >= 15 is 0 Å². The van der Waals surface area contributed by atoms with Crippen molar-refractivity contribution >= 4 is 23.2 Å². The van der Waals surface area contributed by atoms with Gasteiger partial charge in [0, 0.05) is 29.5 Å². The largest absolute Gasteiger partial charge is 0.326 e. The minimum atomic E-state index is -0.523. The van der Waals surface area contributed by atoms with Crippen LogP contribution in [0.1, 0.15) is 29.0 Å². The SMILES string of the molecule is Cc1ccc(C(=O)Nc2cccc(NC(=O)C(C)n3cccn3)c2)c(=O)[nH]1. The molecule has 1 aromatic carbocycles. The van der Waals surface area contributed by atoms with Crippen molar-refractivity contribution in [3.05, 3.63) is 76.5 Å². The summed E-state index contributed by atoms with van der Waals surface area (Å²) in [5.74, 6) is -0.762. The number of carbonyl (C=O) groups excluding carboxylic acids is 2. The van der Waals surface area contributed by atoms with E-state index in [4.69, 9.17) is 0 Å². The van der Waals surface area contributed by atoms with Gasteiger partial charge in [0.05, 0.1) is 0 Å². The van der Waals surface area contributed by atoms with Crippen LogP contribution in [0.5, 0.6) is 0 Å². The highest BCUT2D eigenvalue weighted by atomic mass is 16.2. The number of carbonyl (C=O) groups is 2. The Morgan fingerprint density at radius 2 is 1.85 bits per heavy atom. The number of benzene rings is 1. The molecule has 0 radical (unpaired) electrons. The Bertz CT molecular complexity index is 1020. The lowest BCUT2D eigenvalue weighted by Gasteiger charge is -2.13. The number of H-pyrrole nitrogens is 1. The van der Waals surface area contributed by atoms with Crippen LogP contribution in [0.4, 0.5) is 11.4 Å². The third kappa shape index (κ3) is 4.30. The number of hydrogen-bond acceptors (Lipinski definition) is 4. The molecule has 0 saturated carbocycles. The summed E-state index contributed by atoms with van der Waals surface area (Å²) in [6.07, 6.45) is 3.31. The van der Waals surface area contributed by atoms with Crippen molar-refractivity contribution in [2.24, 2.45) is 0 Å². The zero-order chi connectivity index (χ0) is 19.4. The predicted octanol–water partition coefficient (Wildman–Crippen LogP) is 2.33. The average molecular weight is 365 g/mol. The van der Waals surface area contributed by atoms with Gasteiger partial charge in [-0.25, -0.2) is 0 Å². The lowest BCUT2D eigenvalue weighted by Crippen LogP contribution is -2.24. The Morgan fingerprint density at radius 1 is 1.11 bits per heavy atom. The average Bonchev–Trinajstić information content (AvgIpc) is 3.15. The molecule has 3 rings (SSSR count). The van der Waals surface area contributed by atoms with Crippen LogP contribution in [0.3, 0.4) is 0 Å². The summed E-state index contributed by atoms with van der Waals surface area (Å²) in [4.78, 5) is 39.1. The van der Waals surface area contributed by atoms with E-state index in [2.05, 4.69) is 20.7 Å². The zero-order valence-electron chi connectivity index (χ0n) is 14.9. The maximum absolute atomic E-state index is 12.3. The van der Waals surface area contributed by atoms with Crippen molar-refractivity contribution in [2.75, 3.05) is 10.6 Å². The molecule has 3 N–H and O–H groups in total.